The molecule has 1 saturated heterocycles. The van der Waals surface area contributed by atoms with Gasteiger partial charge in [0.25, 0.3) is 0 Å². The Labute approximate surface area is 165 Å². The Morgan fingerprint density at radius 1 is 1.39 bits per heavy atom. The highest BCUT2D eigenvalue weighted by Crippen LogP contribution is 2.49. The molecule has 28 heavy (non-hydrogen) atoms. The van der Waals surface area contributed by atoms with Crippen LogP contribution in [0.25, 0.3) is 0 Å². The molecule has 1 aliphatic heterocycles. The molecule has 3 N–H and O–H groups in total. The second kappa shape index (κ2) is 7.46. The zero-order chi connectivity index (χ0) is 19.9. The molecule has 2 aliphatic carbocycles. The van der Waals surface area contributed by atoms with E-state index in [9.17, 15) is 14.7 Å². The second-order valence-corrected chi connectivity index (χ2v) is 9.10. The number of carbonyl (C=O) groups excluding carboxylic acids is 1. The predicted molar refractivity (Wildman–Crippen MR) is 103 cm³/mol. The minimum Gasteiger partial charge on any atom is -0.480 e. The molecule has 3 fully saturated rings. The number of nitrogens with zero attached hydrogens (tertiary/aromatic N) is 3. The fourth-order valence-corrected chi connectivity index (χ4v) is 5.59. The number of rotatable bonds is 7. The van der Waals surface area contributed by atoms with Crippen LogP contribution in [0.2, 0.25) is 0 Å². The van der Waals surface area contributed by atoms with E-state index in [1.54, 1.807) is 10.9 Å². The van der Waals surface area contributed by atoms with Crippen molar-refractivity contribution >= 4 is 11.9 Å². The van der Waals surface area contributed by atoms with Gasteiger partial charge >= 0.3 is 5.97 Å². The molecule has 2 heterocycles. The number of carbonyl (C=O) groups is 2. The van der Waals surface area contributed by atoms with Crippen molar-refractivity contribution in [3.63, 3.8) is 0 Å². The van der Waals surface area contributed by atoms with E-state index in [0.29, 0.717) is 24.6 Å². The quantitative estimate of drug-likeness (QED) is 0.652. The lowest BCUT2D eigenvalue weighted by atomic mass is 9.84. The molecule has 8 nitrogen and oxygen atoms in total. The Balaban J connectivity index is 1.36. The molecule has 0 spiro atoms. The summed E-state index contributed by atoms with van der Waals surface area (Å²) in [6.45, 7) is 4.62. The first-order valence-corrected chi connectivity index (χ1v) is 10.6. The van der Waals surface area contributed by atoms with Crippen molar-refractivity contribution in [2.24, 2.45) is 17.8 Å². The molecule has 0 radical (unpaired) electrons. The molecule has 1 aromatic rings. The van der Waals surface area contributed by atoms with Gasteiger partial charge in [-0.3, -0.25) is 9.59 Å². The summed E-state index contributed by atoms with van der Waals surface area (Å²) in [5.74, 6) is 1.30. The van der Waals surface area contributed by atoms with E-state index >= 15 is 0 Å². The van der Waals surface area contributed by atoms with E-state index in [4.69, 9.17) is 0 Å². The maximum absolute atomic E-state index is 12.7. The molecule has 0 aromatic carbocycles. The van der Waals surface area contributed by atoms with Crippen molar-refractivity contribution in [3.8, 4) is 0 Å². The van der Waals surface area contributed by atoms with E-state index < -0.39 is 17.6 Å². The summed E-state index contributed by atoms with van der Waals surface area (Å²) in [5, 5.41) is 24.1. The van der Waals surface area contributed by atoms with E-state index in [-0.39, 0.29) is 18.4 Å². The van der Waals surface area contributed by atoms with E-state index in [0.717, 1.165) is 18.3 Å². The number of carboxylic acids is 1. The fourth-order valence-electron chi connectivity index (χ4n) is 5.59. The number of hydrogen-bond donors (Lipinski definition) is 3. The van der Waals surface area contributed by atoms with Crippen LogP contribution in [0.3, 0.4) is 0 Å². The van der Waals surface area contributed by atoms with E-state index in [1.165, 1.54) is 25.7 Å². The van der Waals surface area contributed by atoms with Crippen LogP contribution in [0, 0.1) is 17.8 Å². The lowest BCUT2D eigenvalue weighted by Crippen LogP contribution is -2.49. The van der Waals surface area contributed by atoms with Crippen LogP contribution in [0.15, 0.2) is 6.20 Å². The first kappa shape index (κ1) is 19.4. The first-order valence-electron chi connectivity index (χ1n) is 10.6. The molecule has 3 aliphatic rings. The van der Waals surface area contributed by atoms with Gasteiger partial charge in [0.15, 0.2) is 0 Å². The highest BCUT2D eigenvalue weighted by atomic mass is 16.4. The minimum absolute atomic E-state index is 0.0568. The molecule has 2 saturated carbocycles. The zero-order valence-corrected chi connectivity index (χ0v) is 16.7. The SMILES string of the molecule is CC(NC(=O)C(C)n1cc(CC2(C(=O)O)CCCN2)nn1)C1CC2CCC1C2. The molecular weight excluding hydrogens is 358 g/mol. The number of nitrogens with one attached hydrogen (secondary N) is 2. The van der Waals surface area contributed by atoms with Crippen LogP contribution in [-0.4, -0.2) is 50.1 Å². The second-order valence-electron chi connectivity index (χ2n) is 9.10. The van der Waals surface area contributed by atoms with Gasteiger partial charge in [-0.1, -0.05) is 11.6 Å². The average molecular weight is 390 g/mol. The standard InChI is InChI=1S/C20H31N5O3/c1-12(17-9-14-4-5-15(17)8-14)22-18(26)13(2)25-11-16(23-24-25)10-20(19(27)28)6-3-7-21-20/h11-15,17,21H,3-10H2,1-2H3,(H,22,26)(H,27,28). The molecule has 6 atom stereocenters. The van der Waals surface area contributed by atoms with Crippen molar-refractivity contribution in [1.82, 2.24) is 25.6 Å². The summed E-state index contributed by atoms with van der Waals surface area (Å²) in [6, 6.07) is -0.300. The van der Waals surface area contributed by atoms with Crippen LogP contribution >= 0.6 is 0 Å². The van der Waals surface area contributed by atoms with Crippen LogP contribution in [0.5, 0.6) is 0 Å². The lowest BCUT2D eigenvalue weighted by Gasteiger charge is -2.29. The van der Waals surface area contributed by atoms with Crippen molar-refractivity contribution in [2.45, 2.75) is 76.4 Å². The third-order valence-electron chi connectivity index (χ3n) is 7.27. The summed E-state index contributed by atoms with van der Waals surface area (Å²) in [4.78, 5) is 24.4. The normalized spacial score (nSPS) is 33.7. The molecule has 2 bridgehead atoms. The summed E-state index contributed by atoms with van der Waals surface area (Å²) < 4.78 is 1.54. The van der Waals surface area contributed by atoms with Gasteiger partial charge in [0, 0.05) is 18.7 Å². The van der Waals surface area contributed by atoms with Crippen LogP contribution in [0.1, 0.15) is 64.1 Å². The first-order chi connectivity index (χ1) is 13.4. The summed E-state index contributed by atoms with van der Waals surface area (Å²) in [7, 11) is 0. The molecule has 1 aromatic heterocycles. The van der Waals surface area contributed by atoms with Gasteiger partial charge in [0.2, 0.25) is 5.91 Å². The number of amides is 1. The van der Waals surface area contributed by atoms with Crippen molar-refractivity contribution in [1.29, 1.82) is 0 Å². The van der Waals surface area contributed by atoms with Crippen LogP contribution < -0.4 is 10.6 Å². The monoisotopic (exact) mass is 389 g/mol. The number of carboxylic acid groups (broad SMARTS) is 1. The van der Waals surface area contributed by atoms with Gasteiger partial charge in [-0.05, 0) is 70.3 Å². The highest BCUT2D eigenvalue weighted by Gasteiger charge is 2.43. The van der Waals surface area contributed by atoms with Gasteiger partial charge in [-0.2, -0.15) is 0 Å². The maximum Gasteiger partial charge on any atom is 0.324 e. The number of fused-ring (bicyclic) bond motifs is 2. The van der Waals surface area contributed by atoms with E-state index in [2.05, 4.69) is 27.9 Å². The van der Waals surface area contributed by atoms with Gasteiger partial charge in [-0.25, -0.2) is 4.68 Å². The number of aliphatic carboxylic acids is 1. The van der Waals surface area contributed by atoms with E-state index in [1.807, 2.05) is 6.92 Å². The largest absolute Gasteiger partial charge is 0.480 e. The van der Waals surface area contributed by atoms with Gasteiger partial charge in [-0.15, -0.1) is 5.10 Å². The Morgan fingerprint density at radius 2 is 2.21 bits per heavy atom. The third kappa shape index (κ3) is 3.54. The van der Waals surface area contributed by atoms with Gasteiger partial charge in [0.05, 0.1) is 5.69 Å². The lowest BCUT2D eigenvalue weighted by molar-refractivity contribution is -0.144. The Bertz CT molecular complexity index is 742. The summed E-state index contributed by atoms with van der Waals surface area (Å²) in [6.07, 6.45) is 8.61. The Hall–Kier alpha value is -1.96. The molecule has 154 valence electrons. The highest BCUT2D eigenvalue weighted by molar-refractivity contribution is 5.80. The molecule has 1 amide bonds. The molecular formula is C20H31N5O3. The number of aromatic nitrogens is 3. The molecule has 8 heteroatoms. The number of hydrogen-bond acceptors (Lipinski definition) is 5. The maximum atomic E-state index is 12.7. The van der Waals surface area contributed by atoms with Crippen LogP contribution in [0.4, 0.5) is 0 Å². The van der Waals surface area contributed by atoms with Gasteiger partial charge in [0.1, 0.15) is 11.6 Å². The smallest absolute Gasteiger partial charge is 0.324 e. The predicted octanol–water partition coefficient (Wildman–Crippen LogP) is 1.53. The Morgan fingerprint density at radius 3 is 2.82 bits per heavy atom. The topological polar surface area (TPSA) is 109 Å². The Kier molecular flexibility index (Phi) is 5.16. The molecule has 4 rings (SSSR count). The zero-order valence-electron chi connectivity index (χ0n) is 16.7. The van der Waals surface area contributed by atoms with Crippen LogP contribution in [-0.2, 0) is 16.0 Å². The fraction of sp³-hybridized carbons (Fsp3) is 0.800. The average Bonchev–Trinajstić information content (AvgIpc) is 3.45. The summed E-state index contributed by atoms with van der Waals surface area (Å²) >= 11 is 0. The van der Waals surface area contributed by atoms with Crippen molar-refractivity contribution in [3.05, 3.63) is 11.9 Å². The summed E-state index contributed by atoms with van der Waals surface area (Å²) in [5.41, 5.74) is -0.375. The molecule has 6 unspecified atom stereocenters. The van der Waals surface area contributed by atoms with Crippen molar-refractivity contribution < 1.29 is 14.7 Å². The van der Waals surface area contributed by atoms with Gasteiger partial charge < -0.3 is 15.7 Å². The third-order valence-corrected chi connectivity index (χ3v) is 7.27. The van der Waals surface area contributed by atoms with Crippen molar-refractivity contribution in [2.75, 3.05) is 6.54 Å². The minimum atomic E-state index is -0.970.